The van der Waals surface area contributed by atoms with Crippen LogP contribution in [-0.2, 0) is 29.1 Å². The molecule has 114 valence electrons. The summed E-state index contributed by atoms with van der Waals surface area (Å²) in [5.41, 5.74) is 3.34. The molecule has 0 aliphatic rings. The first-order chi connectivity index (χ1) is 10.6. The number of esters is 1. The van der Waals surface area contributed by atoms with Crippen molar-refractivity contribution in [2.75, 3.05) is 0 Å². The summed E-state index contributed by atoms with van der Waals surface area (Å²) >= 11 is 0. The molecule has 1 aromatic carbocycles. The van der Waals surface area contributed by atoms with Gasteiger partial charge in [0, 0.05) is 24.2 Å². The Kier molecular flexibility index (Phi) is 5.31. The highest BCUT2D eigenvalue weighted by atomic mass is 16.5. The first kappa shape index (κ1) is 15.8. The molecule has 2 aromatic rings. The second-order valence-electron chi connectivity index (χ2n) is 5.10. The molecule has 22 heavy (non-hydrogen) atoms. The van der Waals surface area contributed by atoms with Crippen LogP contribution in [0, 0.1) is 0 Å². The highest BCUT2D eigenvalue weighted by molar-refractivity contribution is 5.86. The molecule has 0 N–H and O–H groups in total. The van der Waals surface area contributed by atoms with Crippen molar-refractivity contribution >= 4 is 5.97 Å². The molecular formula is C18H20N2O2. The van der Waals surface area contributed by atoms with Gasteiger partial charge in [0.2, 0.25) is 0 Å². The van der Waals surface area contributed by atoms with Gasteiger partial charge in [-0.15, -0.1) is 6.58 Å². The minimum atomic E-state index is -0.401. The van der Waals surface area contributed by atoms with Crippen LogP contribution in [0.3, 0.4) is 0 Å². The lowest BCUT2D eigenvalue weighted by atomic mass is 10.2. The number of carbonyl (C=O) groups excluding carboxylic acids is 1. The van der Waals surface area contributed by atoms with Gasteiger partial charge in [-0.05, 0) is 12.5 Å². The smallest absolute Gasteiger partial charge is 0.333 e. The molecule has 2 rings (SSSR count). The molecule has 0 atom stereocenters. The van der Waals surface area contributed by atoms with E-state index in [9.17, 15) is 4.79 Å². The van der Waals surface area contributed by atoms with Crippen LogP contribution in [0.15, 0.2) is 61.5 Å². The molecule has 0 spiro atoms. The van der Waals surface area contributed by atoms with Crippen molar-refractivity contribution in [2.45, 2.75) is 26.5 Å². The predicted molar refractivity (Wildman–Crippen MR) is 86.3 cm³/mol. The predicted octanol–water partition coefficient (Wildman–Crippen LogP) is 3.28. The van der Waals surface area contributed by atoms with E-state index in [1.165, 1.54) is 5.56 Å². The van der Waals surface area contributed by atoms with Crippen LogP contribution in [0.25, 0.3) is 0 Å². The van der Waals surface area contributed by atoms with E-state index >= 15 is 0 Å². The molecule has 0 amide bonds. The number of benzene rings is 1. The highest BCUT2D eigenvalue weighted by Gasteiger charge is 2.12. The van der Waals surface area contributed by atoms with E-state index in [0.717, 1.165) is 17.9 Å². The van der Waals surface area contributed by atoms with Crippen LogP contribution in [0.2, 0.25) is 0 Å². The summed E-state index contributed by atoms with van der Waals surface area (Å²) in [6.45, 7) is 9.86. The fourth-order valence-corrected chi connectivity index (χ4v) is 2.12. The lowest BCUT2D eigenvalue weighted by Gasteiger charge is -2.09. The zero-order valence-electron chi connectivity index (χ0n) is 12.8. The summed E-state index contributed by atoms with van der Waals surface area (Å²) in [4.78, 5) is 15.9. The summed E-state index contributed by atoms with van der Waals surface area (Å²) < 4.78 is 7.25. The molecule has 0 bridgehead atoms. The van der Waals surface area contributed by atoms with Crippen LogP contribution in [-0.4, -0.2) is 15.5 Å². The number of rotatable bonds is 7. The Morgan fingerprint density at radius 3 is 2.73 bits per heavy atom. The fourth-order valence-electron chi connectivity index (χ4n) is 2.12. The maximum Gasteiger partial charge on any atom is 0.333 e. The van der Waals surface area contributed by atoms with Crippen molar-refractivity contribution in [3.05, 3.63) is 78.4 Å². The van der Waals surface area contributed by atoms with Gasteiger partial charge >= 0.3 is 5.97 Å². The number of carbonyl (C=O) groups is 1. The molecule has 0 aliphatic carbocycles. The topological polar surface area (TPSA) is 44.1 Å². The highest BCUT2D eigenvalue weighted by Crippen LogP contribution is 2.14. The lowest BCUT2D eigenvalue weighted by molar-refractivity contribution is -0.140. The first-order valence-corrected chi connectivity index (χ1v) is 7.12. The Balaban J connectivity index is 2.16. The van der Waals surface area contributed by atoms with Gasteiger partial charge < -0.3 is 9.30 Å². The van der Waals surface area contributed by atoms with E-state index < -0.39 is 5.97 Å². The van der Waals surface area contributed by atoms with Gasteiger partial charge in [-0.1, -0.05) is 43.0 Å². The molecule has 0 radical (unpaired) electrons. The van der Waals surface area contributed by atoms with Crippen molar-refractivity contribution in [1.29, 1.82) is 0 Å². The van der Waals surface area contributed by atoms with Crippen molar-refractivity contribution in [1.82, 2.24) is 9.55 Å². The summed E-state index contributed by atoms with van der Waals surface area (Å²) in [6, 6.07) is 10.1. The SMILES string of the molecule is C=CCc1c(COC(=O)C(=C)C)ncn1Cc1ccccc1. The maximum absolute atomic E-state index is 11.5. The minimum Gasteiger partial charge on any atom is -0.456 e. The average molecular weight is 296 g/mol. The van der Waals surface area contributed by atoms with Crippen LogP contribution >= 0.6 is 0 Å². The lowest BCUT2D eigenvalue weighted by Crippen LogP contribution is -2.08. The van der Waals surface area contributed by atoms with Gasteiger partial charge in [0.15, 0.2) is 0 Å². The van der Waals surface area contributed by atoms with E-state index in [1.54, 1.807) is 13.3 Å². The van der Waals surface area contributed by atoms with Crippen LogP contribution < -0.4 is 0 Å². The zero-order chi connectivity index (χ0) is 15.9. The van der Waals surface area contributed by atoms with Gasteiger partial charge in [-0.2, -0.15) is 0 Å². The van der Waals surface area contributed by atoms with Gasteiger partial charge in [0.05, 0.1) is 12.0 Å². The number of ether oxygens (including phenoxy) is 1. The van der Waals surface area contributed by atoms with E-state index in [2.05, 4.69) is 34.8 Å². The summed E-state index contributed by atoms with van der Waals surface area (Å²) in [5.74, 6) is -0.401. The number of aromatic nitrogens is 2. The number of allylic oxidation sites excluding steroid dienone is 1. The second-order valence-corrected chi connectivity index (χ2v) is 5.10. The maximum atomic E-state index is 11.5. The van der Waals surface area contributed by atoms with Crippen molar-refractivity contribution in [3.8, 4) is 0 Å². The van der Waals surface area contributed by atoms with Gasteiger partial charge in [-0.25, -0.2) is 9.78 Å². The third-order valence-electron chi connectivity index (χ3n) is 3.25. The molecule has 0 saturated heterocycles. The van der Waals surface area contributed by atoms with E-state index in [4.69, 9.17) is 4.74 Å². The molecule has 4 heteroatoms. The Morgan fingerprint density at radius 2 is 2.09 bits per heavy atom. The minimum absolute atomic E-state index is 0.149. The van der Waals surface area contributed by atoms with Gasteiger partial charge in [0.1, 0.15) is 6.61 Å². The average Bonchev–Trinajstić information content (AvgIpc) is 2.88. The Labute approximate surface area is 130 Å². The van der Waals surface area contributed by atoms with Crippen molar-refractivity contribution in [2.24, 2.45) is 0 Å². The quantitative estimate of drug-likeness (QED) is 0.447. The van der Waals surface area contributed by atoms with E-state index in [1.807, 2.05) is 24.3 Å². The van der Waals surface area contributed by atoms with Crippen LogP contribution in [0.5, 0.6) is 0 Å². The summed E-state index contributed by atoms with van der Waals surface area (Å²) in [7, 11) is 0. The Bertz CT molecular complexity index is 672. The molecule has 0 fully saturated rings. The summed E-state index contributed by atoms with van der Waals surface area (Å²) in [5, 5.41) is 0. The van der Waals surface area contributed by atoms with E-state index in [0.29, 0.717) is 12.0 Å². The van der Waals surface area contributed by atoms with Crippen molar-refractivity contribution in [3.63, 3.8) is 0 Å². The Morgan fingerprint density at radius 1 is 1.36 bits per heavy atom. The van der Waals surface area contributed by atoms with Gasteiger partial charge in [-0.3, -0.25) is 0 Å². The first-order valence-electron chi connectivity index (χ1n) is 7.12. The Hall–Kier alpha value is -2.62. The molecule has 1 aromatic heterocycles. The summed E-state index contributed by atoms with van der Waals surface area (Å²) in [6.07, 6.45) is 4.27. The normalized spacial score (nSPS) is 10.2. The molecule has 4 nitrogen and oxygen atoms in total. The molecule has 1 heterocycles. The number of imidazole rings is 1. The third kappa shape index (κ3) is 3.95. The zero-order valence-corrected chi connectivity index (χ0v) is 12.8. The fraction of sp³-hybridized carbons (Fsp3) is 0.222. The number of nitrogens with zero attached hydrogens (tertiary/aromatic N) is 2. The molecular weight excluding hydrogens is 276 g/mol. The number of hydrogen-bond donors (Lipinski definition) is 0. The van der Waals surface area contributed by atoms with Crippen molar-refractivity contribution < 1.29 is 9.53 Å². The standard InChI is InChI=1S/C18H20N2O2/c1-4-8-17-16(12-22-18(21)14(2)3)19-13-20(17)11-15-9-6-5-7-10-15/h4-7,9-10,13H,1-2,8,11-12H2,3H3. The third-order valence-corrected chi connectivity index (χ3v) is 3.25. The van der Waals surface area contributed by atoms with Gasteiger partial charge in [0.25, 0.3) is 0 Å². The van der Waals surface area contributed by atoms with Crippen LogP contribution in [0.1, 0.15) is 23.9 Å². The van der Waals surface area contributed by atoms with E-state index in [-0.39, 0.29) is 6.61 Å². The molecule has 0 saturated carbocycles. The number of hydrogen-bond acceptors (Lipinski definition) is 3. The second kappa shape index (κ2) is 7.41. The monoisotopic (exact) mass is 296 g/mol. The van der Waals surface area contributed by atoms with Crippen LogP contribution in [0.4, 0.5) is 0 Å². The largest absolute Gasteiger partial charge is 0.456 e. The molecule has 0 aliphatic heterocycles. The molecule has 0 unspecified atom stereocenters.